The molecule has 1 unspecified atom stereocenters. The molecule has 0 spiro atoms. The van der Waals surface area contributed by atoms with Crippen LogP contribution in [0.1, 0.15) is 38.5 Å². The Morgan fingerprint density at radius 2 is 2.04 bits per heavy atom. The molecule has 2 heterocycles. The molecule has 4 rings (SSSR count). The fraction of sp³-hybridized carbons (Fsp3) is 0.500. The molecule has 0 saturated heterocycles. The summed E-state index contributed by atoms with van der Waals surface area (Å²) >= 11 is 0. The van der Waals surface area contributed by atoms with Gasteiger partial charge in [0.2, 0.25) is 5.54 Å². The Labute approximate surface area is 158 Å². The number of hydrogen-bond donors (Lipinski definition) is 1. The number of benzene rings is 1. The second-order valence-corrected chi connectivity index (χ2v) is 7.61. The predicted octanol–water partition coefficient (Wildman–Crippen LogP) is 3.05. The van der Waals surface area contributed by atoms with Crippen LogP contribution in [-0.4, -0.2) is 40.0 Å². The number of hydrazine groups is 2. The molecule has 7 heteroatoms. The fourth-order valence-corrected chi connectivity index (χ4v) is 4.24. The van der Waals surface area contributed by atoms with E-state index < -0.39 is 5.54 Å². The molecule has 1 atom stereocenters. The van der Waals surface area contributed by atoms with Crippen LogP contribution in [0.3, 0.4) is 0 Å². The highest BCUT2D eigenvalue weighted by Crippen LogP contribution is 2.36. The van der Waals surface area contributed by atoms with Gasteiger partial charge < -0.3 is 4.74 Å². The van der Waals surface area contributed by atoms with Gasteiger partial charge >= 0.3 is 5.91 Å². The Balaban J connectivity index is 1.60. The number of para-hydroxylation sites is 1. The number of ether oxygens (including phenoxy) is 1. The number of pyridine rings is 1. The lowest BCUT2D eigenvalue weighted by Crippen LogP contribution is -2.47. The van der Waals surface area contributed by atoms with Gasteiger partial charge in [-0.15, -0.1) is 0 Å². The van der Waals surface area contributed by atoms with Crippen molar-refractivity contribution >= 4 is 16.8 Å². The molecule has 2 N–H and O–H groups in total. The minimum Gasteiger partial charge on any atom is -0.488 e. The Bertz CT molecular complexity index is 872. The van der Waals surface area contributed by atoms with Crippen molar-refractivity contribution < 1.29 is 14.4 Å². The third kappa shape index (κ3) is 3.34. The summed E-state index contributed by atoms with van der Waals surface area (Å²) in [7, 11) is 1.65. The highest BCUT2D eigenvalue weighted by atomic mass is 16.5. The van der Waals surface area contributed by atoms with Crippen LogP contribution < -0.4 is 10.6 Å². The largest absolute Gasteiger partial charge is 0.488 e. The van der Waals surface area contributed by atoms with Crippen molar-refractivity contribution in [1.82, 2.24) is 9.99 Å². The molecule has 142 valence electrons. The zero-order valence-electron chi connectivity index (χ0n) is 15.7. The number of carbonyl (C=O) groups excluding carboxylic acids is 1. The molecule has 0 radical (unpaired) electrons. The number of fused-ring (bicyclic) bond motifs is 1. The van der Waals surface area contributed by atoms with Crippen LogP contribution in [0.5, 0.6) is 5.75 Å². The molecule has 1 aliphatic heterocycles. The number of rotatable bonds is 5. The van der Waals surface area contributed by atoms with Crippen LogP contribution in [0.25, 0.3) is 10.9 Å². The van der Waals surface area contributed by atoms with Crippen LogP contribution in [-0.2, 0) is 4.79 Å². The van der Waals surface area contributed by atoms with E-state index >= 15 is 0 Å². The third-order valence-corrected chi connectivity index (χ3v) is 5.71. The van der Waals surface area contributed by atoms with E-state index in [1.807, 2.05) is 30.3 Å². The van der Waals surface area contributed by atoms with Crippen molar-refractivity contribution in [1.29, 1.82) is 0 Å². The van der Waals surface area contributed by atoms with E-state index in [0.29, 0.717) is 18.1 Å². The quantitative estimate of drug-likeness (QED) is 0.649. The average Bonchev–Trinajstić information content (AvgIpc) is 2.91. The number of amides is 1. The zero-order chi connectivity index (χ0) is 18.9. The molecule has 1 aliphatic carbocycles. The second-order valence-electron chi connectivity index (χ2n) is 7.61. The van der Waals surface area contributed by atoms with Gasteiger partial charge in [0, 0.05) is 16.7 Å². The van der Waals surface area contributed by atoms with E-state index in [9.17, 15) is 4.79 Å². The number of nitrogens with two attached hydrogens (primary N) is 1. The lowest BCUT2D eigenvalue weighted by atomic mass is 9.79. The molecular weight excluding hydrogens is 342 g/mol. The van der Waals surface area contributed by atoms with Gasteiger partial charge in [-0.2, -0.15) is 5.84 Å². The molecule has 2 aliphatic rings. The van der Waals surface area contributed by atoms with Crippen LogP contribution in [0.2, 0.25) is 0 Å². The van der Waals surface area contributed by atoms with Crippen molar-refractivity contribution in [3.63, 3.8) is 0 Å². The Kier molecular flexibility index (Phi) is 4.68. The number of carbonyl (C=O) groups is 1. The molecule has 1 fully saturated rings. The van der Waals surface area contributed by atoms with E-state index in [1.165, 1.54) is 24.3 Å². The minimum atomic E-state index is -0.970. The predicted molar refractivity (Wildman–Crippen MR) is 101 cm³/mol. The van der Waals surface area contributed by atoms with Gasteiger partial charge in [0.1, 0.15) is 22.8 Å². The molecule has 1 amide bonds. The first-order valence-corrected chi connectivity index (χ1v) is 9.61. The number of aromatic nitrogens is 1. The van der Waals surface area contributed by atoms with Crippen LogP contribution >= 0.6 is 0 Å². The lowest BCUT2D eigenvalue weighted by Gasteiger charge is -2.27. The summed E-state index contributed by atoms with van der Waals surface area (Å²) in [5.41, 5.74) is -0.182. The SMILES string of the molecule is CN1C(=O)C(COc2cccc3cccnc23)(CC2CCCCC2)N=[N+]1N. The summed E-state index contributed by atoms with van der Waals surface area (Å²) in [5, 5.41) is 6.89. The van der Waals surface area contributed by atoms with Crippen molar-refractivity contribution in [3.05, 3.63) is 36.5 Å². The molecule has 2 aromatic rings. The standard InChI is InChI=1S/C20H26N5O2/c1-24-19(26)20(23-25(24)21,13-15-7-3-2-4-8-15)14-27-17-11-5-9-16-10-6-12-22-18(16)17/h5-6,9-12,15H,2-4,7-8,13-14H2,1H3,(H2,21,23)/q+1. The van der Waals surface area contributed by atoms with Crippen LogP contribution in [0, 0.1) is 5.92 Å². The Hall–Kier alpha value is -2.70. The Morgan fingerprint density at radius 3 is 2.78 bits per heavy atom. The molecule has 27 heavy (non-hydrogen) atoms. The van der Waals surface area contributed by atoms with Gasteiger partial charge in [-0.1, -0.05) is 55.3 Å². The van der Waals surface area contributed by atoms with E-state index in [4.69, 9.17) is 10.6 Å². The highest BCUT2D eigenvalue weighted by Gasteiger charge is 2.55. The second kappa shape index (κ2) is 7.13. The zero-order valence-corrected chi connectivity index (χ0v) is 15.7. The monoisotopic (exact) mass is 368 g/mol. The van der Waals surface area contributed by atoms with Gasteiger partial charge in [0.25, 0.3) is 0 Å². The summed E-state index contributed by atoms with van der Waals surface area (Å²) in [6, 6.07) is 9.70. The topological polar surface area (TPSA) is 83.8 Å². The smallest absolute Gasteiger partial charge is 0.320 e. The number of nitrogens with zero attached hydrogens (tertiary/aromatic N) is 4. The van der Waals surface area contributed by atoms with E-state index in [0.717, 1.165) is 28.7 Å². The first kappa shape index (κ1) is 17.7. The Morgan fingerprint density at radius 1 is 1.26 bits per heavy atom. The maximum Gasteiger partial charge on any atom is 0.320 e. The first-order valence-electron chi connectivity index (χ1n) is 9.61. The molecule has 0 bridgehead atoms. The molecule has 1 aromatic carbocycles. The molecular formula is C20H26N5O2+. The average molecular weight is 368 g/mol. The highest BCUT2D eigenvalue weighted by molar-refractivity contribution is 5.87. The first-order chi connectivity index (χ1) is 13.1. The summed E-state index contributed by atoms with van der Waals surface area (Å²) in [6.07, 6.45) is 8.38. The van der Waals surface area contributed by atoms with Gasteiger partial charge in [0.15, 0.2) is 0 Å². The molecule has 1 aromatic heterocycles. The lowest BCUT2D eigenvalue weighted by molar-refractivity contribution is -0.722. The summed E-state index contributed by atoms with van der Waals surface area (Å²) in [4.78, 5) is 18.6. The van der Waals surface area contributed by atoms with Gasteiger partial charge in [-0.05, 0) is 24.5 Å². The van der Waals surface area contributed by atoms with Gasteiger partial charge in [-0.3, -0.25) is 9.78 Å². The minimum absolute atomic E-state index is 0.108. The maximum absolute atomic E-state index is 13.0. The number of likely N-dealkylation sites (N-methyl/N-ethyl adjacent to an activating group) is 1. The fourth-order valence-electron chi connectivity index (χ4n) is 4.24. The van der Waals surface area contributed by atoms with Crippen molar-refractivity contribution in [2.24, 2.45) is 16.9 Å². The van der Waals surface area contributed by atoms with Crippen LogP contribution in [0.15, 0.2) is 41.6 Å². The molecule has 7 nitrogen and oxygen atoms in total. The third-order valence-electron chi connectivity index (χ3n) is 5.71. The summed E-state index contributed by atoms with van der Waals surface area (Å²) in [6.45, 7) is 0.163. The van der Waals surface area contributed by atoms with Crippen molar-refractivity contribution in [3.8, 4) is 5.75 Å². The van der Waals surface area contributed by atoms with Gasteiger partial charge in [-0.25, -0.2) is 0 Å². The summed E-state index contributed by atoms with van der Waals surface area (Å²) in [5.74, 6) is 6.94. The van der Waals surface area contributed by atoms with Crippen molar-refractivity contribution in [2.75, 3.05) is 13.7 Å². The number of hydrogen-bond acceptors (Lipinski definition) is 5. The van der Waals surface area contributed by atoms with Gasteiger partial charge in [0.05, 0.1) is 7.05 Å². The van der Waals surface area contributed by atoms with Crippen molar-refractivity contribution in [2.45, 2.75) is 44.1 Å². The van der Waals surface area contributed by atoms with Crippen LogP contribution in [0.4, 0.5) is 0 Å². The summed E-state index contributed by atoms with van der Waals surface area (Å²) < 4.78 is 6.13. The van der Waals surface area contributed by atoms with E-state index in [1.54, 1.807) is 13.2 Å². The van der Waals surface area contributed by atoms with E-state index in [2.05, 4.69) is 10.1 Å². The molecule has 1 saturated carbocycles. The maximum atomic E-state index is 13.0. The van der Waals surface area contributed by atoms with E-state index in [-0.39, 0.29) is 12.5 Å². The normalized spacial score (nSPS) is 23.7.